The molecule has 0 saturated carbocycles. The number of fused-ring (bicyclic) bond motifs is 1. The lowest BCUT2D eigenvalue weighted by Gasteiger charge is -2.27. The molecule has 0 N–H and O–H groups in total. The van der Waals surface area contributed by atoms with E-state index in [0.717, 1.165) is 52.3 Å². The normalized spacial score (nSPS) is 17.4. The first-order chi connectivity index (χ1) is 10.7. The Morgan fingerprint density at radius 3 is 2.59 bits per heavy atom. The summed E-state index contributed by atoms with van der Waals surface area (Å²) >= 11 is 7.51. The van der Waals surface area contributed by atoms with Crippen molar-refractivity contribution in [2.24, 2.45) is 0 Å². The molecule has 0 radical (unpaired) electrons. The van der Waals surface area contributed by atoms with Crippen LogP contribution >= 0.6 is 22.9 Å². The quantitative estimate of drug-likeness (QED) is 0.721. The van der Waals surface area contributed by atoms with Crippen LogP contribution in [-0.4, -0.2) is 44.8 Å². The summed E-state index contributed by atoms with van der Waals surface area (Å²) in [5.41, 5.74) is 1.06. The van der Waals surface area contributed by atoms with Crippen molar-refractivity contribution in [2.75, 3.05) is 20.1 Å². The van der Waals surface area contributed by atoms with Gasteiger partial charge in [-0.05, 0) is 45.1 Å². The third-order valence-corrected chi connectivity index (χ3v) is 5.39. The smallest absolute Gasteiger partial charge is 0.234 e. The summed E-state index contributed by atoms with van der Waals surface area (Å²) in [6.07, 6.45) is 2.23. The number of benzene rings is 1. The van der Waals surface area contributed by atoms with Crippen LogP contribution in [0.15, 0.2) is 24.3 Å². The van der Waals surface area contributed by atoms with Gasteiger partial charge in [-0.2, -0.15) is 9.61 Å². The average molecular weight is 334 g/mol. The molecule has 4 rings (SSSR count). The van der Waals surface area contributed by atoms with Crippen LogP contribution in [0.4, 0.5) is 0 Å². The van der Waals surface area contributed by atoms with Crippen LogP contribution in [0.1, 0.15) is 24.6 Å². The van der Waals surface area contributed by atoms with Crippen molar-refractivity contribution in [3.63, 3.8) is 0 Å². The van der Waals surface area contributed by atoms with E-state index in [4.69, 9.17) is 16.7 Å². The molecule has 2 aromatic heterocycles. The molecular formula is C15H16ClN5S. The zero-order chi connectivity index (χ0) is 15.1. The Kier molecular flexibility index (Phi) is 3.60. The first-order valence-corrected chi connectivity index (χ1v) is 8.57. The number of hydrogen-bond acceptors (Lipinski definition) is 5. The van der Waals surface area contributed by atoms with Gasteiger partial charge in [0.2, 0.25) is 4.96 Å². The van der Waals surface area contributed by atoms with Crippen LogP contribution in [0.3, 0.4) is 0 Å². The van der Waals surface area contributed by atoms with E-state index in [-0.39, 0.29) is 0 Å². The Labute approximate surface area is 137 Å². The van der Waals surface area contributed by atoms with Crippen LogP contribution in [0.2, 0.25) is 5.02 Å². The van der Waals surface area contributed by atoms with E-state index in [1.807, 2.05) is 28.8 Å². The molecule has 3 aromatic rings. The number of halogens is 1. The van der Waals surface area contributed by atoms with Crippen LogP contribution in [-0.2, 0) is 0 Å². The number of rotatable bonds is 2. The number of hydrogen-bond donors (Lipinski definition) is 0. The molecule has 1 aliphatic rings. The minimum atomic E-state index is 0.450. The highest BCUT2D eigenvalue weighted by Gasteiger charge is 2.24. The molecule has 114 valence electrons. The van der Waals surface area contributed by atoms with Gasteiger partial charge in [0.25, 0.3) is 0 Å². The monoisotopic (exact) mass is 333 g/mol. The van der Waals surface area contributed by atoms with Crippen LogP contribution < -0.4 is 0 Å². The zero-order valence-corrected chi connectivity index (χ0v) is 13.8. The van der Waals surface area contributed by atoms with Gasteiger partial charge in [0.1, 0.15) is 5.01 Å². The molecule has 7 heteroatoms. The first-order valence-electron chi connectivity index (χ1n) is 7.37. The highest BCUT2D eigenvalue weighted by atomic mass is 35.5. The molecule has 0 unspecified atom stereocenters. The summed E-state index contributed by atoms with van der Waals surface area (Å²) < 4.78 is 1.92. The molecule has 5 nitrogen and oxygen atoms in total. The van der Waals surface area contributed by atoms with Crippen LogP contribution in [0, 0.1) is 0 Å². The maximum absolute atomic E-state index is 5.95. The summed E-state index contributed by atoms with van der Waals surface area (Å²) in [6.45, 7) is 2.21. The minimum absolute atomic E-state index is 0.450. The van der Waals surface area contributed by atoms with Crippen molar-refractivity contribution in [1.82, 2.24) is 24.7 Å². The van der Waals surface area contributed by atoms with Crippen molar-refractivity contribution >= 4 is 27.9 Å². The predicted molar refractivity (Wildman–Crippen MR) is 88.6 cm³/mol. The molecule has 0 aliphatic carbocycles. The van der Waals surface area contributed by atoms with Gasteiger partial charge in [0.05, 0.1) is 0 Å². The number of aromatic nitrogens is 4. The molecule has 1 saturated heterocycles. The van der Waals surface area contributed by atoms with Crippen molar-refractivity contribution in [3.8, 4) is 10.6 Å². The molecular weight excluding hydrogens is 318 g/mol. The van der Waals surface area contributed by atoms with E-state index >= 15 is 0 Å². The van der Waals surface area contributed by atoms with Gasteiger partial charge in [-0.25, -0.2) is 0 Å². The molecule has 0 spiro atoms. The minimum Gasteiger partial charge on any atom is -0.306 e. The summed E-state index contributed by atoms with van der Waals surface area (Å²) in [7, 11) is 2.16. The van der Waals surface area contributed by atoms with Crippen molar-refractivity contribution in [2.45, 2.75) is 18.8 Å². The maximum atomic E-state index is 5.95. The average Bonchev–Trinajstić information content (AvgIpc) is 3.09. The van der Waals surface area contributed by atoms with Gasteiger partial charge < -0.3 is 4.90 Å². The Bertz CT molecular complexity index is 786. The summed E-state index contributed by atoms with van der Waals surface area (Å²) in [5.74, 6) is 1.45. The Balaban J connectivity index is 1.68. The van der Waals surface area contributed by atoms with Crippen molar-refractivity contribution in [1.29, 1.82) is 0 Å². The lowest BCUT2D eigenvalue weighted by Crippen LogP contribution is -2.30. The number of nitrogens with zero attached hydrogens (tertiary/aromatic N) is 5. The van der Waals surface area contributed by atoms with Gasteiger partial charge in [0.15, 0.2) is 5.82 Å². The summed E-state index contributed by atoms with van der Waals surface area (Å²) in [5, 5.41) is 15.1. The topological polar surface area (TPSA) is 46.3 Å². The molecule has 3 heterocycles. The SMILES string of the molecule is CN1CCC(c2nnc3sc(-c4ccc(Cl)cc4)nn23)CC1. The maximum Gasteiger partial charge on any atom is 0.234 e. The van der Waals surface area contributed by atoms with Gasteiger partial charge in [0, 0.05) is 16.5 Å². The first kappa shape index (κ1) is 14.1. The van der Waals surface area contributed by atoms with E-state index in [1.165, 1.54) is 0 Å². The Morgan fingerprint density at radius 2 is 1.86 bits per heavy atom. The lowest BCUT2D eigenvalue weighted by atomic mass is 9.96. The lowest BCUT2D eigenvalue weighted by molar-refractivity contribution is 0.250. The highest BCUT2D eigenvalue weighted by molar-refractivity contribution is 7.19. The van der Waals surface area contributed by atoms with Gasteiger partial charge in [-0.1, -0.05) is 35.1 Å². The molecule has 1 aliphatic heterocycles. The molecule has 1 aromatic carbocycles. The highest BCUT2D eigenvalue weighted by Crippen LogP contribution is 2.30. The number of likely N-dealkylation sites (tertiary alicyclic amines) is 1. The van der Waals surface area contributed by atoms with Crippen LogP contribution in [0.5, 0.6) is 0 Å². The standard InChI is InChI=1S/C15H16ClN5S/c1-20-8-6-10(7-9-20)13-17-18-15-21(13)19-14(22-15)11-2-4-12(16)5-3-11/h2-5,10H,6-9H2,1H3. The Morgan fingerprint density at radius 1 is 1.14 bits per heavy atom. The Hall–Kier alpha value is -1.50. The molecule has 0 atom stereocenters. The van der Waals surface area contributed by atoms with E-state index < -0.39 is 0 Å². The van der Waals surface area contributed by atoms with E-state index in [0.29, 0.717) is 5.92 Å². The second-order valence-electron chi connectivity index (χ2n) is 5.74. The van der Waals surface area contributed by atoms with Gasteiger partial charge >= 0.3 is 0 Å². The third kappa shape index (κ3) is 2.51. The molecule has 0 amide bonds. The van der Waals surface area contributed by atoms with Crippen molar-refractivity contribution in [3.05, 3.63) is 35.1 Å². The van der Waals surface area contributed by atoms with Gasteiger partial charge in [-0.15, -0.1) is 10.2 Å². The summed E-state index contributed by atoms with van der Waals surface area (Å²) in [4.78, 5) is 3.22. The predicted octanol–water partition coefficient (Wildman–Crippen LogP) is 3.32. The number of piperidine rings is 1. The second kappa shape index (κ2) is 5.61. The van der Waals surface area contributed by atoms with Crippen LogP contribution in [0.25, 0.3) is 15.5 Å². The van der Waals surface area contributed by atoms with E-state index in [9.17, 15) is 0 Å². The fraction of sp³-hybridized carbons (Fsp3) is 0.400. The molecule has 1 fully saturated rings. The van der Waals surface area contributed by atoms with E-state index in [1.54, 1.807) is 11.3 Å². The van der Waals surface area contributed by atoms with E-state index in [2.05, 4.69) is 22.1 Å². The van der Waals surface area contributed by atoms with Gasteiger partial charge in [-0.3, -0.25) is 0 Å². The molecule has 22 heavy (non-hydrogen) atoms. The second-order valence-corrected chi connectivity index (χ2v) is 7.14. The largest absolute Gasteiger partial charge is 0.306 e. The zero-order valence-electron chi connectivity index (χ0n) is 12.2. The third-order valence-electron chi connectivity index (χ3n) is 4.19. The fourth-order valence-corrected chi connectivity index (χ4v) is 3.84. The molecule has 0 bridgehead atoms. The van der Waals surface area contributed by atoms with Crippen molar-refractivity contribution < 1.29 is 0 Å². The summed E-state index contributed by atoms with van der Waals surface area (Å²) in [6, 6.07) is 7.75. The fourth-order valence-electron chi connectivity index (χ4n) is 2.86.